The highest BCUT2D eigenvalue weighted by molar-refractivity contribution is 5.95. The SMILES string of the molecule is N/C(=N/O)c1ccnc(N2CCC3(CCCC3)CC2)n1. The summed E-state index contributed by atoms with van der Waals surface area (Å²) in [5.41, 5.74) is 6.63. The van der Waals surface area contributed by atoms with E-state index in [-0.39, 0.29) is 5.84 Å². The summed E-state index contributed by atoms with van der Waals surface area (Å²) in [4.78, 5) is 10.9. The topological polar surface area (TPSA) is 87.6 Å². The molecule has 20 heavy (non-hydrogen) atoms. The zero-order chi connectivity index (χ0) is 14.0. The minimum Gasteiger partial charge on any atom is -0.409 e. The van der Waals surface area contributed by atoms with Gasteiger partial charge in [-0.15, -0.1) is 0 Å². The van der Waals surface area contributed by atoms with Crippen LogP contribution in [-0.2, 0) is 0 Å². The summed E-state index contributed by atoms with van der Waals surface area (Å²) in [5, 5.41) is 11.7. The van der Waals surface area contributed by atoms with E-state index < -0.39 is 0 Å². The van der Waals surface area contributed by atoms with Gasteiger partial charge in [0.2, 0.25) is 5.95 Å². The predicted molar refractivity (Wildman–Crippen MR) is 76.9 cm³/mol. The van der Waals surface area contributed by atoms with E-state index in [2.05, 4.69) is 20.0 Å². The zero-order valence-corrected chi connectivity index (χ0v) is 11.6. The van der Waals surface area contributed by atoms with Crippen molar-refractivity contribution in [2.45, 2.75) is 38.5 Å². The van der Waals surface area contributed by atoms with Crippen molar-refractivity contribution in [3.05, 3.63) is 18.0 Å². The van der Waals surface area contributed by atoms with E-state index in [1.165, 1.54) is 38.5 Å². The fourth-order valence-corrected chi connectivity index (χ4v) is 3.50. The Morgan fingerprint density at radius 2 is 1.95 bits per heavy atom. The molecule has 1 aromatic rings. The average Bonchev–Trinajstić information content (AvgIpc) is 2.95. The van der Waals surface area contributed by atoms with Crippen LogP contribution in [0.2, 0.25) is 0 Å². The van der Waals surface area contributed by atoms with Gasteiger partial charge in [0.25, 0.3) is 0 Å². The highest BCUT2D eigenvalue weighted by Gasteiger charge is 2.37. The van der Waals surface area contributed by atoms with Crippen LogP contribution in [-0.4, -0.2) is 34.1 Å². The summed E-state index contributed by atoms with van der Waals surface area (Å²) in [6, 6.07) is 1.65. The van der Waals surface area contributed by atoms with Gasteiger partial charge in [-0.2, -0.15) is 0 Å². The van der Waals surface area contributed by atoms with Crippen molar-refractivity contribution < 1.29 is 5.21 Å². The molecule has 108 valence electrons. The van der Waals surface area contributed by atoms with Crippen LogP contribution in [0.25, 0.3) is 0 Å². The van der Waals surface area contributed by atoms with E-state index in [9.17, 15) is 0 Å². The molecule has 1 aliphatic carbocycles. The van der Waals surface area contributed by atoms with Gasteiger partial charge in [-0.05, 0) is 37.2 Å². The summed E-state index contributed by atoms with van der Waals surface area (Å²) in [5.74, 6) is 0.708. The molecule has 3 N–H and O–H groups in total. The van der Waals surface area contributed by atoms with E-state index in [1.54, 1.807) is 12.3 Å². The summed E-state index contributed by atoms with van der Waals surface area (Å²) in [6.45, 7) is 2.00. The lowest BCUT2D eigenvalue weighted by Crippen LogP contribution is -2.39. The first-order valence-corrected chi connectivity index (χ1v) is 7.28. The van der Waals surface area contributed by atoms with Crippen LogP contribution in [0, 0.1) is 5.41 Å². The number of amidine groups is 1. The summed E-state index contributed by atoms with van der Waals surface area (Å²) < 4.78 is 0. The zero-order valence-electron chi connectivity index (χ0n) is 11.6. The molecule has 6 heteroatoms. The van der Waals surface area contributed by atoms with Gasteiger partial charge in [0.05, 0.1) is 0 Å². The van der Waals surface area contributed by atoms with E-state index in [0.29, 0.717) is 17.1 Å². The number of piperidine rings is 1. The van der Waals surface area contributed by atoms with Crippen LogP contribution in [0.4, 0.5) is 5.95 Å². The monoisotopic (exact) mass is 275 g/mol. The summed E-state index contributed by atoms with van der Waals surface area (Å²) in [7, 11) is 0. The van der Waals surface area contributed by atoms with Crippen molar-refractivity contribution in [2.75, 3.05) is 18.0 Å². The maximum atomic E-state index is 8.72. The highest BCUT2D eigenvalue weighted by atomic mass is 16.4. The van der Waals surface area contributed by atoms with Crippen LogP contribution < -0.4 is 10.6 Å². The molecule has 0 unspecified atom stereocenters. The lowest BCUT2D eigenvalue weighted by atomic mass is 9.77. The lowest BCUT2D eigenvalue weighted by molar-refractivity contribution is 0.225. The Labute approximate surface area is 118 Å². The summed E-state index contributed by atoms with van der Waals surface area (Å²) >= 11 is 0. The number of nitrogens with two attached hydrogens (primary N) is 1. The Kier molecular flexibility index (Phi) is 3.46. The van der Waals surface area contributed by atoms with Crippen molar-refractivity contribution in [1.82, 2.24) is 9.97 Å². The molecule has 0 aromatic carbocycles. The molecular weight excluding hydrogens is 254 g/mol. The van der Waals surface area contributed by atoms with Gasteiger partial charge in [0, 0.05) is 19.3 Å². The fourth-order valence-electron chi connectivity index (χ4n) is 3.50. The number of oxime groups is 1. The number of aromatic nitrogens is 2. The van der Waals surface area contributed by atoms with E-state index in [1.807, 2.05) is 0 Å². The van der Waals surface area contributed by atoms with Crippen molar-refractivity contribution in [1.29, 1.82) is 0 Å². The molecular formula is C14H21N5O. The molecule has 2 fully saturated rings. The molecule has 0 amide bonds. The van der Waals surface area contributed by atoms with Crippen molar-refractivity contribution >= 4 is 11.8 Å². The largest absolute Gasteiger partial charge is 0.409 e. The van der Waals surface area contributed by atoms with Gasteiger partial charge in [-0.25, -0.2) is 9.97 Å². The second kappa shape index (κ2) is 5.26. The average molecular weight is 275 g/mol. The molecule has 2 aliphatic rings. The fraction of sp³-hybridized carbons (Fsp3) is 0.643. The first kappa shape index (κ1) is 13.1. The Bertz CT molecular complexity index is 500. The van der Waals surface area contributed by atoms with Crippen molar-refractivity contribution in [3.8, 4) is 0 Å². The molecule has 1 saturated heterocycles. The third-order valence-corrected chi connectivity index (χ3v) is 4.78. The molecule has 0 radical (unpaired) electrons. The summed E-state index contributed by atoms with van der Waals surface area (Å²) in [6.07, 6.45) is 9.65. The Morgan fingerprint density at radius 1 is 1.25 bits per heavy atom. The van der Waals surface area contributed by atoms with Gasteiger partial charge < -0.3 is 15.8 Å². The number of anilines is 1. The second-order valence-corrected chi connectivity index (χ2v) is 5.92. The molecule has 6 nitrogen and oxygen atoms in total. The van der Waals surface area contributed by atoms with Gasteiger partial charge in [0.1, 0.15) is 5.69 Å². The number of nitrogens with zero attached hydrogens (tertiary/aromatic N) is 4. The van der Waals surface area contributed by atoms with E-state index in [0.717, 1.165) is 13.1 Å². The van der Waals surface area contributed by atoms with Crippen LogP contribution in [0.3, 0.4) is 0 Å². The lowest BCUT2D eigenvalue weighted by Gasteiger charge is -2.39. The third-order valence-electron chi connectivity index (χ3n) is 4.78. The normalized spacial score (nSPS) is 22.4. The highest BCUT2D eigenvalue weighted by Crippen LogP contribution is 2.46. The Hall–Kier alpha value is -1.85. The predicted octanol–water partition coefficient (Wildman–Crippen LogP) is 1.73. The van der Waals surface area contributed by atoms with Gasteiger partial charge >= 0.3 is 0 Å². The quantitative estimate of drug-likeness (QED) is 0.371. The van der Waals surface area contributed by atoms with Crippen LogP contribution in [0.1, 0.15) is 44.2 Å². The molecule has 2 heterocycles. The molecule has 0 bridgehead atoms. The minimum absolute atomic E-state index is 0.0259. The van der Waals surface area contributed by atoms with Gasteiger partial charge in [-0.3, -0.25) is 0 Å². The molecule has 3 rings (SSSR count). The first-order valence-electron chi connectivity index (χ1n) is 7.28. The maximum absolute atomic E-state index is 8.72. The maximum Gasteiger partial charge on any atom is 0.225 e. The van der Waals surface area contributed by atoms with Crippen LogP contribution in [0.5, 0.6) is 0 Å². The Balaban J connectivity index is 1.71. The molecule has 1 aromatic heterocycles. The number of hydrogen-bond acceptors (Lipinski definition) is 5. The first-order chi connectivity index (χ1) is 9.72. The van der Waals surface area contributed by atoms with E-state index >= 15 is 0 Å². The molecule has 0 atom stereocenters. The van der Waals surface area contributed by atoms with Gasteiger partial charge in [0.15, 0.2) is 5.84 Å². The smallest absolute Gasteiger partial charge is 0.225 e. The van der Waals surface area contributed by atoms with Crippen LogP contribution in [0.15, 0.2) is 17.4 Å². The molecule has 1 spiro atoms. The molecule has 1 aliphatic heterocycles. The third kappa shape index (κ3) is 2.42. The van der Waals surface area contributed by atoms with Crippen molar-refractivity contribution in [2.24, 2.45) is 16.3 Å². The number of hydrogen-bond donors (Lipinski definition) is 2. The number of rotatable bonds is 2. The van der Waals surface area contributed by atoms with Crippen LogP contribution >= 0.6 is 0 Å². The standard InChI is InChI=1S/C14H21N5O/c15-12(18-20)11-3-8-16-13(17-11)19-9-6-14(7-10-19)4-1-2-5-14/h3,8,20H,1-2,4-7,9-10H2,(H2,15,18). The minimum atomic E-state index is 0.0259. The van der Waals surface area contributed by atoms with E-state index in [4.69, 9.17) is 10.9 Å². The van der Waals surface area contributed by atoms with Crippen molar-refractivity contribution in [3.63, 3.8) is 0 Å². The second-order valence-electron chi connectivity index (χ2n) is 5.92. The molecule has 1 saturated carbocycles. The van der Waals surface area contributed by atoms with Gasteiger partial charge in [-0.1, -0.05) is 18.0 Å². The Morgan fingerprint density at radius 3 is 2.60 bits per heavy atom.